The molecule has 0 aliphatic carbocycles. The smallest absolute Gasteiger partial charge is 0.240 e. The Balaban J connectivity index is 0.00000529. The third-order valence-electron chi connectivity index (χ3n) is 3.22. The summed E-state index contributed by atoms with van der Waals surface area (Å²) in [6.07, 6.45) is 0. The van der Waals surface area contributed by atoms with Crippen molar-refractivity contribution in [3.05, 3.63) is 30.3 Å². The number of hydrogen-bond acceptors (Lipinski definition) is 4. The van der Waals surface area contributed by atoms with E-state index in [9.17, 15) is 8.42 Å². The lowest BCUT2D eigenvalue weighted by molar-refractivity contribution is 0.0268. The predicted molar refractivity (Wildman–Crippen MR) is 107 cm³/mol. The Morgan fingerprint density at radius 1 is 1.17 bits per heavy atom. The van der Waals surface area contributed by atoms with Gasteiger partial charge in [-0.25, -0.2) is 13.1 Å². The molecule has 0 unspecified atom stereocenters. The average molecular weight is 470 g/mol. The summed E-state index contributed by atoms with van der Waals surface area (Å²) in [5, 5.41) is 6.17. The number of benzene rings is 1. The van der Waals surface area contributed by atoms with Crippen LogP contribution in [0.2, 0.25) is 0 Å². The molecule has 0 spiro atoms. The topological polar surface area (TPSA) is 91.8 Å². The molecular formula is C15H27IN4O3S. The van der Waals surface area contributed by atoms with Crippen LogP contribution < -0.4 is 15.4 Å². The monoisotopic (exact) mass is 470 g/mol. The van der Waals surface area contributed by atoms with Gasteiger partial charge in [0.25, 0.3) is 0 Å². The summed E-state index contributed by atoms with van der Waals surface area (Å²) >= 11 is 0. The van der Waals surface area contributed by atoms with Crippen molar-refractivity contribution in [2.45, 2.75) is 24.3 Å². The van der Waals surface area contributed by atoms with E-state index in [1.165, 1.54) is 0 Å². The maximum absolute atomic E-state index is 12.0. The molecule has 0 saturated carbocycles. The molecule has 0 atom stereocenters. The van der Waals surface area contributed by atoms with Crippen LogP contribution >= 0.6 is 24.0 Å². The molecule has 9 heteroatoms. The van der Waals surface area contributed by atoms with Crippen LogP contribution in [0.25, 0.3) is 0 Å². The van der Waals surface area contributed by atoms with E-state index in [0.717, 1.165) is 0 Å². The lowest BCUT2D eigenvalue weighted by atomic mass is 10.1. The van der Waals surface area contributed by atoms with E-state index in [1.54, 1.807) is 44.5 Å². The van der Waals surface area contributed by atoms with Crippen molar-refractivity contribution in [1.29, 1.82) is 0 Å². The van der Waals surface area contributed by atoms with Crippen molar-refractivity contribution >= 4 is 40.0 Å². The Bertz CT molecular complexity index is 606. The fourth-order valence-corrected chi connectivity index (χ4v) is 2.69. The largest absolute Gasteiger partial charge is 0.377 e. The van der Waals surface area contributed by atoms with Gasteiger partial charge in [0.2, 0.25) is 10.0 Å². The minimum atomic E-state index is -3.47. The molecule has 0 aromatic heterocycles. The van der Waals surface area contributed by atoms with Gasteiger partial charge in [0.15, 0.2) is 5.96 Å². The lowest BCUT2D eigenvalue weighted by Gasteiger charge is -2.24. The highest BCUT2D eigenvalue weighted by atomic mass is 127. The summed E-state index contributed by atoms with van der Waals surface area (Å²) in [5.41, 5.74) is -0.313. The highest BCUT2D eigenvalue weighted by Gasteiger charge is 2.16. The second-order valence-electron chi connectivity index (χ2n) is 5.53. The standard InChI is InChI=1S/C15H26N4O3S.HI/c1-15(2,22-4)12-18-14(16-3)17-10-11-19-23(20,21)13-8-6-5-7-9-13;/h5-9,19H,10-12H2,1-4H3,(H2,16,17,18);1H. The quantitative estimate of drug-likeness (QED) is 0.230. The second-order valence-corrected chi connectivity index (χ2v) is 7.29. The third kappa shape index (κ3) is 8.27. The molecule has 0 fully saturated rings. The molecule has 138 valence electrons. The molecule has 0 heterocycles. The number of rotatable bonds is 8. The fourth-order valence-electron chi connectivity index (χ4n) is 1.64. The Hall–Kier alpha value is -0.910. The molecule has 0 amide bonds. The highest BCUT2D eigenvalue weighted by molar-refractivity contribution is 14.0. The predicted octanol–water partition coefficient (Wildman–Crippen LogP) is 1.17. The van der Waals surface area contributed by atoms with Crippen LogP contribution in [0.4, 0.5) is 0 Å². The Labute approximate surface area is 161 Å². The zero-order chi connectivity index (χ0) is 17.3. The highest BCUT2D eigenvalue weighted by Crippen LogP contribution is 2.06. The zero-order valence-electron chi connectivity index (χ0n) is 14.5. The molecule has 24 heavy (non-hydrogen) atoms. The van der Waals surface area contributed by atoms with E-state index >= 15 is 0 Å². The molecule has 0 aliphatic rings. The van der Waals surface area contributed by atoms with E-state index in [4.69, 9.17) is 4.74 Å². The Morgan fingerprint density at radius 2 is 1.79 bits per heavy atom. The summed E-state index contributed by atoms with van der Waals surface area (Å²) in [6, 6.07) is 8.27. The van der Waals surface area contributed by atoms with Gasteiger partial charge in [-0.05, 0) is 26.0 Å². The fraction of sp³-hybridized carbons (Fsp3) is 0.533. The molecule has 7 nitrogen and oxygen atoms in total. The Morgan fingerprint density at radius 3 is 2.33 bits per heavy atom. The first-order valence-electron chi connectivity index (χ1n) is 7.35. The van der Waals surface area contributed by atoms with Crippen LogP contribution in [0.15, 0.2) is 40.2 Å². The van der Waals surface area contributed by atoms with Crippen molar-refractivity contribution in [2.75, 3.05) is 33.8 Å². The summed E-state index contributed by atoms with van der Waals surface area (Å²) in [7, 11) is -0.170. The number of guanidine groups is 1. The van der Waals surface area contributed by atoms with Crippen molar-refractivity contribution in [3.63, 3.8) is 0 Å². The van der Waals surface area contributed by atoms with Crippen LogP contribution in [0, 0.1) is 0 Å². The van der Waals surface area contributed by atoms with Gasteiger partial charge in [0, 0.05) is 33.8 Å². The molecule has 3 N–H and O–H groups in total. The number of ether oxygens (including phenoxy) is 1. The molecule has 1 aromatic rings. The number of hydrogen-bond donors (Lipinski definition) is 3. The molecular weight excluding hydrogens is 443 g/mol. The number of nitrogens with one attached hydrogen (secondary N) is 3. The maximum Gasteiger partial charge on any atom is 0.240 e. The number of methoxy groups -OCH3 is 1. The second kappa shape index (κ2) is 10.9. The van der Waals surface area contributed by atoms with Gasteiger partial charge in [0.1, 0.15) is 0 Å². The van der Waals surface area contributed by atoms with Gasteiger partial charge in [-0.15, -0.1) is 24.0 Å². The van der Waals surface area contributed by atoms with Gasteiger partial charge in [0.05, 0.1) is 10.5 Å². The number of sulfonamides is 1. The van der Waals surface area contributed by atoms with Gasteiger partial charge in [-0.3, -0.25) is 4.99 Å². The molecule has 0 saturated heterocycles. The minimum Gasteiger partial charge on any atom is -0.377 e. The number of aliphatic imine (C=N–C) groups is 1. The van der Waals surface area contributed by atoms with Gasteiger partial charge >= 0.3 is 0 Å². The Kier molecular flexibility index (Phi) is 10.4. The van der Waals surface area contributed by atoms with E-state index in [2.05, 4.69) is 20.3 Å². The van der Waals surface area contributed by atoms with Gasteiger partial charge in [-0.2, -0.15) is 0 Å². The summed E-state index contributed by atoms with van der Waals surface area (Å²) in [6.45, 7) is 5.17. The van der Waals surface area contributed by atoms with Gasteiger partial charge < -0.3 is 15.4 Å². The SMILES string of the molecule is CN=C(NCCNS(=O)(=O)c1ccccc1)NCC(C)(C)OC.I. The third-order valence-corrected chi connectivity index (χ3v) is 4.70. The molecule has 0 radical (unpaired) electrons. The van der Waals surface area contributed by atoms with Crippen molar-refractivity contribution in [2.24, 2.45) is 4.99 Å². The van der Waals surface area contributed by atoms with Crippen molar-refractivity contribution in [3.8, 4) is 0 Å². The van der Waals surface area contributed by atoms with Crippen LogP contribution in [0.1, 0.15) is 13.8 Å². The molecule has 0 bridgehead atoms. The minimum absolute atomic E-state index is 0. The van der Waals surface area contributed by atoms with Crippen LogP contribution in [0.5, 0.6) is 0 Å². The first-order valence-corrected chi connectivity index (χ1v) is 8.83. The average Bonchev–Trinajstić information content (AvgIpc) is 2.55. The summed E-state index contributed by atoms with van der Waals surface area (Å²) in [5.74, 6) is 0.592. The van der Waals surface area contributed by atoms with E-state index in [0.29, 0.717) is 19.0 Å². The van der Waals surface area contributed by atoms with Gasteiger partial charge in [-0.1, -0.05) is 18.2 Å². The molecule has 1 aromatic carbocycles. The molecule has 0 aliphatic heterocycles. The summed E-state index contributed by atoms with van der Waals surface area (Å²) < 4.78 is 31.9. The van der Waals surface area contributed by atoms with Crippen LogP contribution in [-0.2, 0) is 14.8 Å². The number of nitrogens with zero attached hydrogens (tertiary/aromatic N) is 1. The van der Waals surface area contributed by atoms with Crippen molar-refractivity contribution in [1.82, 2.24) is 15.4 Å². The van der Waals surface area contributed by atoms with E-state index in [1.807, 2.05) is 13.8 Å². The van der Waals surface area contributed by atoms with Crippen LogP contribution in [-0.4, -0.2) is 53.8 Å². The first-order chi connectivity index (χ1) is 10.8. The van der Waals surface area contributed by atoms with Crippen molar-refractivity contribution < 1.29 is 13.2 Å². The summed E-state index contributed by atoms with van der Waals surface area (Å²) in [4.78, 5) is 4.33. The van der Waals surface area contributed by atoms with E-state index < -0.39 is 10.0 Å². The lowest BCUT2D eigenvalue weighted by Crippen LogP contribution is -2.46. The number of halogens is 1. The van der Waals surface area contributed by atoms with E-state index in [-0.39, 0.29) is 41.0 Å². The first kappa shape index (κ1) is 23.1. The molecule has 1 rings (SSSR count). The normalized spacial score (nSPS) is 12.4. The zero-order valence-corrected chi connectivity index (χ0v) is 17.6. The van der Waals surface area contributed by atoms with Crippen LogP contribution in [0.3, 0.4) is 0 Å². The maximum atomic E-state index is 12.0.